The molecule has 0 saturated carbocycles. The molecule has 0 bridgehead atoms. The fourth-order valence-corrected chi connectivity index (χ4v) is 4.58. The van der Waals surface area contributed by atoms with Crippen molar-refractivity contribution in [2.45, 2.75) is 12.1 Å². The van der Waals surface area contributed by atoms with E-state index >= 15 is 0 Å². The van der Waals surface area contributed by atoms with Gasteiger partial charge in [0.2, 0.25) is 5.91 Å². The van der Waals surface area contributed by atoms with Gasteiger partial charge in [0, 0.05) is 17.7 Å². The summed E-state index contributed by atoms with van der Waals surface area (Å²) in [5.41, 5.74) is 1.39. The monoisotopic (exact) mass is 475 g/mol. The number of nitro benzene ring substituents is 1. The molecule has 2 aliphatic heterocycles. The summed E-state index contributed by atoms with van der Waals surface area (Å²) in [6.45, 7) is 0. The maximum Gasteiger partial charge on any atom is 0.269 e. The molecule has 5 rings (SSSR count). The molecule has 10 heteroatoms. The lowest BCUT2D eigenvalue weighted by Gasteiger charge is -2.29. The van der Waals surface area contributed by atoms with Gasteiger partial charge in [-0.1, -0.05) is 18.2 Å². The Morgan fingerprint density at radius 2 is 1.60 bits per heavy atom. The van der Waals surface area contributed by atoms with Gasteiger partial charge in [-0.15, -0.1) is 0 Å². The first-order chi connectivity index (χ1) is 16.9. The minimum atomic E-state index is -1.08. The van der Waals surface area contributed by atoms with E-state index in [1.807, 2.05) is 30.3 Å². The van der Waals surface area contributed by atoms with Gasteiger partial charge in [0.15, 0.2) is 6.10 Å². The molecule has 178 valence electrons. The predicted octanol–water partition coefficient (Wildman–Crippen LogP) is 3.66. The minimum absolute atomic E-state index is 0.140. The molecule has 0 radical (unpaired) electrons. The Balaban J connectivity index is 1.60. The fraction of sp³-hybridized carbons (Fsp3) is 0.200. The number of anilines is 2. The Morgan fingerprint density at radius 1 is 0.886 bits per heavy atom. The van der Waals surface area contributed by atoms with Gasteiger partial charge < -0.3 is 9.47 Å². The highest BCUT2D eigenvalue weighted by atomic mass is 16.7. The van der Waals surface area contributed by atoms with Gasteiger partial charge in [0.25, 0.3) is 11.6 Å². The van der Waals surface area contributed by atoms with Crippen molar-refractivity contribution < 1.29 is 28.8 Å². The van der Waals surface area contributed by atoms with E-state index in [2.05, 4.69) is 0 Å². The van der Waals surface area contributed by atoms with E-state index in [4.69, 9.17) is 14.3 Å². The smallest absolute Gasteiger partial charge is 0.269 e. The number of para-hydroxylation sites is 1. The van der Waals surface area contributed by atoms with Crippen LogP contribution < -0.4 is 19.4 Å². The van der Waals surface area contributed by atoms with Crippen LogP contribution in [-0.2, 0) is 14.4 Å². The van der Waals surface area contributed by atoms with E-state index < -0.39 is 34.8 Å². The Hall–Kier alpha value is -4.44. The number of rotatable bonds is 6. The standard InChI is InChI=1S/C25H21N3O7/c1-33-18-12-13-20(34-2)19(14-18)22-21-23(35-27(22)16-6-4-3-5-7-16)25(30)26(24(21)29)15-8-10-17(11-9-15)28(31)32/h3-14,21-23H,1-2H3/t21-,22-,23-/m0/s1. The van der Waals surface area contributed by atoms with Crippen LogP contribution in [0.2, 0.25) is 0 Å². The maximum atomic E-state index is 13.7. The summed E-state index contributed by atoms with van der Waals surface area (Å²) in [7, 11) is 3.06. The number of nitro groups is 1. The summed E-state index contributed by atoms with van der Waals surface area (Å²) in [6, 6.07) is 19.0. The summed E-state index contributed by atoms with van der Waals surface area (Å²) in [6.07, 6.45) is -1.08. The van der Waals surface area contributed by atoms with Crippen molar-refractivity contribution in [1.29, 1.82) is 0 Å². The van der Waals surface area contributed by atoms with Crippen LogP contribution in [0.1, 0.15) is 11.6 Å². The molecular formula is C25H21N3O7. The van der Waals surface area contributed by atoms with Crippen LogP contribution in [0.3, 0.4) is 0 Å². The van der Waals surface area contributed by atoms with Crippen molar-refractivity contribution in [3.05, 3.63) is 88.5 Å². The van der Waals surface area contributed by atoms with Crippen molar-refractivity contribution in [1.82, 2.24) is 0 Å². The molecule has 2 saturated heterocycles. The second-order valence-electron chi connectivity index (χ2n) is 8.05. The number of methoxy groups -OCH3 is 2. The quantitative estimate of drug-likeness (QED) is 0.302. The zero-order valence-electron chi connectivity index (χ0n) is 18.9. The summed E-state index contributed by atoms with van der Waals surface area (Å²) < 4.78 is 11.0. The highest BCUT2D eigenvalue weighted by molar-refractivity contribution is 6.24. The Bertz CT molecular complexity index is 1300. The van der Waals surface area contributed by atoms with Gasteiger partial charge in [0.05, 0.1) is 30.5 Å². The molecule has 0 aliphatic carbocycles. The Kier molecular flexibility index (Phi) is 5.58. The number of ether oxygens (including phenoxy) is 2. The second kappa shape index (κ2) is 8.73. The molecule has 0 spiro atoms. The SMILES string of the molecule is COc1ccc(OC)c([C@H]2[C@@H]3C(=O)N(c4ccc([N+](=O)[O-])cc4)C(=O)[C@H]3ON2c2ccccc2)c1. The molecule has 0 aromatic heterocycles. The van der Waals surface area contributed by atoms with Gasteiger partial charge in [-0.05, 0) is 42.5 Å². The zero-order valence-corrected chi connectivity index (χ0v) is 18.9. The van der Waals surface area contributed by atoms with Gasteiger partial charge in [-0.2, -0.15) is 0 Å². The van der Waals surface area contributed by atoms with Crippen molar-refractivity contribution in [2.24, 2.45) is 5.92 Å². The molecule has 3 aromatic rings. The van der Waals surface area contributed by atoms with Crippen LogP contribution in [0.15, 0.2) is 72.8 Å². The lowest BCUT2D eigenvalue weighted by molar-refractivity contribution is -0.384. The van der Waals surface area contributed by atoms with Crippen LogP contribution in [-0.4, -0.2) is 37.1 Å². The molecule has 3 aromatic carbocycles. The number of hydrogen-bond donors (Lipinski definition) is 0. The fourth-order valence-electron chi connectivity index (χ4n) is 4.58. The molecule has 2 aliphatic rings. The number of hydroxylamine groups is 1. The van der Waals surface area contributed by atoms with Gasteiger partial charge in [0.1, 0.15) is 23.5 Å². The molecule has 35 heavy (non-hydrogen) atoms. The number of non-ortho nitro benzene ring substituents is 1. The van der Waals surface area contributed by atoms with E-state index in [1.54, 1.807) is 23.3 Å². The van der Waals surface area contributed by atoms with Crippen LogP contribution >= 0.6 is 0 Å². The maximum absolute atomic E-state index is 13.7. The van der Waals surface area contributed by atoms with Gasteiger partial charge >= 0.3 is 0 Å². The highest BCUT2D eigenvalue weighted by Crippen LogP contribution is 2.50. The molecule has 2 fully saturated rings. The summed E-state index contributed by atoms with van der Waals surface area (Å²) in [4.78, 5) is 44.8. The number of carbonyl (C=O) groups is 2. The molecule has 0 unspecified atom stereocenters. The number of hydrogen-bond acceptors (Lipinski definition) is 8. The average Bonchev–Trinajstić information content (AvgIpc) is 3.39. The minimum Gasteiger partial charge on any atom is -0.497 e. The number of carbonyl (C=O) groups excluding carboxylic acids is 2. The average molecular weight is 475 g/mol. The number of amides is 2. The predicted molar refractivity (Wildman–Crippen MR) is 125 cm³/mol. The Labute approximate surface area is 200 Å². The summed E-state index contributed by atoms with van der Waals surface area (Å²) in [5.74, 6) is -0.837. The lowest BCUT2D eigenvalue weighted by atomic mass is 9.89. The first-order valence-corrected chi connectivity index (χ1v) is 10.8. The second-order valence-corrected chi connectivity index (χ2v) is 8.05. The number of imide groups is 1. The summed E-state index contributed by atoms with van der Waals surface area (Å²) >= 11 is 0. The first kappa shape index (κ1) is 22.4. The first-order valence-electron chi connectivity index (χ1n) is 10.8. The largest absolute Gasteiger partial charge is 0.497 e. The van der Waals surface area contributed by atoms with Crippen LogP contribution in [0, 0.1) is 16.0 Å². The van der Waals surface area contributed by atoms with Crippen molar-refractivity contribution in [2.75, 3.05) is 24.2 Å². The number of nitrogens with zero attached hydrogens (tertiary/aromatic N) is 3. The normalized spacial score (nSPS) is 21.3. The molecule has 0 N–H and O–H groups in total. The van der Waals surface area contributed by atoms with E-state index in [-0.39, 0.29) is 11.4 Å². The molecule has 2 amide bonds. The van der Waals surface area contributed by atoms with E-state index in [1.165, 1.54) is 38.5 Å². The van der Waals surface area contributed by atoms with Crippen LogP contribution in [0.25, 0.3) is 0 Å². The third-order valence-electron chi connectivity index (χ3n) is 6.20. The van der Waals surface area contributed by atoms with Crippen LogP contribution in [0.4, 0.5) is 17.1 Å². The van der Waals surface area contributed by atoms with E-state index in [9.17, 15) is 19.7 Å². The van der Waals surface area contributed by atoms with Crippen molar-refractivity contribution in [3.63, 3.8) is 0 Å². The van der Waals surface area contributed by atoms with Gasteiger partial charge in [-0.25, -0.2) is 9.96 Å². The van der Waals surface area contributed by atoms with Crippen LogP contribution in [0.5, 0.6) is 11.5 Å². The molecular weight excluding hydrogens is 454 g/mol. The third kappa shape index (κ3) is 3.64. The third-order valence-corrected chi connectivity index (χ3v) is 6.20. The Morgan fingerprint density at radius 3 is 2.23 bits per heavy atom. The number of fused-ring (bicyclic) bond motifs is 1. The highest BCUT2D eigenvalue weighted by Gasteiger charge is 2.60. The van der Waals surface area contributed by atoms with E-state index in [0.717, 1.165) is 4.90 Å². The summed E-state index contributed by atoms with van der Waals surface area (Å²) in [5, 5.41) is 12.6. The zero-order chi connectivity index (χ0) is 24.7. The topological polar surface area (TPSA) is 111 Å². The number of benzene rings is 3. The van der Waals surface area contributed by atoms with Crippen molar-refractivity contribution in [3.8, 4) is 11.5 Å². The van der Waals surface area contributed by atoms with E-state index in [0.29, 0.717) is 22.7 Å². The van der Waals surface area contributed by atoms with Crippen molar-refractivity contribution >= 4 is 28.9 Å². The van der Waals surface area contributed by atoms with Gasteiger partial charge in [-0.3, -0.25) is 24.5 Å². The lowest BCUT2D eigenvalue weighted by Crippen LogP contribution is -2.37. The molecule has 2 heterocycles. The molecule has 10 nitrogen and oxygen atoms in total. The molecule has 3 atom stereocenters.